The van der Waals surface area contributed by atoms with Gasteiger partial charge in [-0.25, -0.2) is 4.98 Å². The zero-order valence-electron chi connectivity index (χ0n) is 12.6. The van der Waals surface area contributed by atoms with Gasteiger partial charge in [0.1, 0.15) is 5.76 Å². The van der Waals surface area contributed by atoms with E-state index in [1.807, 2.05) is 37.3 Å². The van der Waals surface area contributed by atoms with Crippen LogP contribution in [0, 0.1) is 0 Å². The van der Waals surface area contributed by atoms with Gasteiger partial charge in [0.15, 0.2) is 12.1 Å². The van der Waals surface area contributed by atoms with Crippen LogP contribution in [0.4, 0.5) is 0 Å². The van der Waals surface area contributed by atoms with Crippen LogP contribution in [0.2, 0.25) is 0 Å². The first kappa shape index (κ1) is 14.3. The Labute approximate surface area is 128 Å². The van der Waals surface area contributed by atoms with Crippen LogP contribution in [0.15, 0.2) is 47.3 Å². The predicted molar refractivity (Wildman–Crippen MR) is 83.4 cm³/mol. The molecule has 0 N–H and O–H groups in total. The lowest BCUT2D eigenvalue weighted by Crippen LogP contribution is -2.27. The summed E-state index contributed by atoms with van der Waals surface area (Å²) in [5, 5.41) is 1.07. The van der Waals surface area contributed by atoms with Gasteiger partial charge >= 0.3 is 0 Å². The average molecular weight is 295 g/mol. The molecule has 0 aliphatic carbocycles. The Bertz CT molecular complexity index is 805. The van der Waals surface area contributed by atoms with Gasteiger partial charge in [0, 0.05) is 31.6 Å². The van der Waals surface area contributed by atoms with Crippen molar-refractivity contribution in [1.82, 2.24) is 14.9 Å². The Kier molecular flexibility index (Phi) is 3.87. The first-order valence-electron chi connectivity index (χ1n) is 7.21. The maximum absolute atomic E-state index is 12.5. The molecule has 0 aliphatic heterocycles. The zero-order chi connectivity index (χ0) is 15.5. The number of oxazole rings is 1. The Morgan fingerprint density at radius 3 is 2.86 bits per heavy atom. The molecule has 0 aliphatic rings. The highest BCUT2D eigenvalue weighted by atomic mass is 16.3. The van der Waals surface area contributed by atoms with Crippen molar-refractivity contribution in [1.29, 1.82) is 0 Å². The number of amides is 1. The van der Waals surface area contributed by atoms with Gasteiger partial charge in [-0.3, -0.25) is 9.78 Å². The minimum Gasteiger partial charge on any atom is -0.448 e. The number of fused-ring (bicyclic) bond motifs is 1. The van der Waals surface area contributed by atoms with E-state index in [1.165, 1.54) is 6.39 Å². The van der Waals surface area contributed by atoms with Gasteiger partial charge in [0.05, 0.1) is 5.52 Å². The van der Waals surface area contributed by atoms with Crippen LogP contribution < -0.4 is 0 Å². The Balaban J connectivity index is 1.87. The van der Waals surface area contributed by atoms with Crippen LogP contribution in [0.5, 0.6) is 0 Å². The number of hydrogen-bond donors (Lipinski definition) is 0. The molecule has 5 heteroatoms. The maximum Gasteiger partial charge on any atom is 0.276 e. The topological polar surface area (TPSA) is 59.2 Å². The van der Waals surface area contributed by atoms with Gasteiger partial charge in [-0.2, -0.15) is 0 Å². The van der Waals surface area contributed by atoms with Crippen LogP contribution >= 0.6 is 0 Å². The second-order valence-electron chi connectivity index (χ2n) is 5.13. The molecule has 22 heavy (non-hydrogen) atoms. The van der Waals surface area contributed by atoms with Gasteiger partial charge in [-0.15, -0.1) is 0 Å². The van der Waals surface area contributed by atoms with Gasteiger partial charge in [-0.05, 0) is 11.6 Å². The molecule has 2 aromatic heterocycles. The lowest BCUT2D eigenvalue weighted by Gasteiger charge is -2.17. The summed E-state index contributed by atoms with van der Waals surface area (Å²) in [5.41, 5.74) is 2.31. The molecular weight excluding hydrogens is 278 g/mol. The average Bonchev–Trinajstić information content (AvgIpc) is 3.03. The van der Waals surface area contributed by atoms with E-state index >= 15 is 0 Å². The van der Waals surface area contributed by atoms with E-state index in [1.54, 1.807) is 18.1 Å². The second-order valence-corrected chi connectivity index (χ2v) is 5.13. The van der Waals surface area contributed by atoms with Crippen molar-refractivity contribution < 1.29 is 9.21 Å². The fourth-order valence-corrected chi connectivity index (χ4v) is 2.50. The van der Waals surface area contributed by atoms with Crippen molar-refractivity contribution in [3.63, 3.8) is 0 Å². The fourth-order valence-electron chi connectivity index (χ4n) is 2.50. The van der Waals surface area contributed by atoms with Gasteiger partial charge in [0.2, 0.25) is 0 Å². The lowest BCUT2D eigenvalue weighted by molar-refractivity contribution is 0.0778. The molecular formula is C17H17N3O2. The molecule has 0 atom stereocenters. The fraction of sp³-hybridized carbons (Fsp3) is 0.235. The number of carbonyl (C=O) groups excluding carboxylic acids is 1. The van der Waals surface area contributed by atoms with Gasteiger partial charge in [0.25, 0.3) is 5.91 Å². The summed E-state index contributed by atoms with van der Waals surface area (Å²) < 4.78 is 5.23. The number of pyridine rings is 1. The Morgan fingerprint density at radius 1 is 1.23 bits per heavy atom. The summed E-state index contributed by atoms with van der Waals surface area (Å²) in [7, 11) is 1.76. The van der Waals surface area contributed by atoms with Crippen molar-refractivity contribution in [3.05, 3.63) is 59.9 Å². The number of rotatable bonds is 4. The maximum atomic E-state index is 12.5. The van der Waals surface area contributed by atoms with Crippen molar-refractivity contribution in [2.45, 2.75) is 19.9 Å². The summed E-state index contributed by atoms with van der Waals surface area (Å²) in [6.45, 7) is 2.41. The molecule has 0 fully saturated rings. The lowest BCUT2D eigenvalue weighted by atomic mass is 10.1. The third-order valence-corrected chi connectivity index (χ3v) is 3.64. The van der Waals surface area contributed by atoms with Crippen LogP contribution in [0.1, 0.15) is 28.7 Å². The second kappa shape index (κ2) is 5.97. The molecule has 5 nitrogen and oxygen atoms in total. The van der Waals surface area contributed by atoms with E-state index < -0.39 is 0 Å². The predicted octanol–water partition coefficient (Wildman–Crippen LogP) is 3.06. The molecule has 1 aromatic carbocycles. The van der Waals surface area contributed by atoms with Crippen LogP contribution in [-0.2, 0) is 13.0 Å². The summed E-state index contributed by atoms with van der Waals surface area (Å²) in [6, 6.07) is 9.90. The van der Waals surface area contributed by atoms with Crippen molar-refractivity contribution >= 4 is 16.8 Å². The first-order chi connectivity index (χ1) is 10.7. The minimum absolute atomic E-state index is 0.140. The van der Waals surface area contributed by atoms with Gasteiger partial charge < -0.3 is 9.32 Å². The van der Waals surface area contributed by atoms with Crippen LogP contribution in [0.3, 0.4) is 0 Å². The summed E-state index contributed by atoms with van der Waals surface area (Å²) in [6.07, 6.45) is 3.73. The molecule has 0 saturated heterocycles. The van der Waals surface area contributed by atoms with E-state index in [0.717, 1.165) is 16.5 Å². The molecule has 112 valence electrons. The quantitative estimate of drug-likeness (QED) is 0.742. The number of benzene rings is 1. The molecule has 3 aromatic rings. The van der Waals surface area contributed by atoms with Crippen molar-refractivity contribution in [2.75, 3.05) is 7.05 Å². The summed E-state index contributed by atoms with van der Waals surface area (Å²) in [5.74, 6) is 0.478. The SMILES string of the molecule is CCc1ocnc1C(=O)N(C)Cc1cccc2cccnc12. The molecule has 0 unspecified atom stereocenters. The van der Waals surface area contributed by atoms with Crippen LogP contribution in [0.25, 0.3) is 10.9 Å². The summed E-state index contributed by atoms with van der Waals surface area (Å²) >= 11 is 0. The molecule has 0 bridgehead atoms. The van der Waals surface area contributed by atoms with E-state index in [-0.39, 0.29) is 5.91 Å². The Hall–Kier alpha value is -2.69. The summed E-state index contributed by atoms with van der Waals surface area (Å²) in [4.78, 5) is 22.6. The smallest absolute Gasteiger partial charge is 0.276 e. The monoisotopic (exact) mass is 295 g/mol. The number of para-hydroxylation sites is 1. The van der Waals surface area contributed by atoms with Crippen molar-refractivity contribution in [2.24, 2.45) is 0 Å². The highest BCUT2D eigenvalue weighted by Gasteiger charge is 2.20. The number of aryl methyl sites for hydroxylation is 1. The van der Waals surface area contributed by atoms with Crippen molar-refractivity contribution in [3.8, 4) is 0 Å². The Morgan fingerprint density at radius 2 is 2.05 bits per heavy atom. The molecule has 3 rings (SSSR count). The van der Waals surface area contributed by atoms with E-state index in [9.17, 15) is 4.79 Å². The number of nitrogens with zero attached hydrogens (tertiary/aromatic N) is 3. The van der Waals surface area contributed by atoms with Gasteiger partial charge in [-0.1, -0.05) is 31.2 Å². The normalized spacial score (nSPS) is 10.8. The molecule has 1 amide bonds. The third kappa shape index (κ3) is 2.57. The van der Waals surface area contributed by atoms with E-state index in [0.29, 0.717) is 24.4 Å². The third-order valence-electron chi connectivity index (χ3n) is 3.64. The zero-order valence-corrected chi connectivity index (χ0v) is 12.6. The molecule has 2 heterocycles. The highest BCUT2D eigenvalue weighted by molar-refractivity contribution is 5.93. The highest BCUT2D eigenvalue weighted by Crippen LogP contribution is 2.18. The van der Waals surface area contributed by atoms with E-state index in [4.69, 9.17) is 4.42 Å². The molecule has 0 radical (unpaired) electrons. The number of hydrogen-bond acceptors (Lipinski definition) is 4. The largest absolute Gasteiger partial charge is 0.448 e. The molecule has 0 spiro atoms. The molecule has 0 saturated carbocycles. The standard InChI is InChI=1S/C17H17N3O2/c1-3-14-16(19-11-22-14)17(21)20(2)10-13-7-4-6-12-8-5-9-18-15(12)13/h4-9,11H,3,10H2,1-2H3. The number of aromatic nitrogens is 2. The van der Waals surface area contributed by atoms with Crippen LogP contribution in [-0.4, -0.2) is 27.8 Å². The van der Waals surface area contributed by atoms with E-state index in [2.05, 4.69) is 9.97 Å². The first-order valence-corrected chi connectivity index (χ1v) is 7.21. The minimum atomic E-state index is -0.140. The number of carbonyl (C=O) groups is 1.